The highest BCUT2D eigenvalue weighted by Gasteiger charge is 2.19. The van der Waals surface area contributed by atoms with Crippen LogP contribution in [0.2, 0.25) is 0 Å². The van der Waals surface area contributed by atoms with E-state index < -0.39 is 0 Å². The van der Waals surface area contributed by atoms with Crippen LogP contribution in [-0.4, -0.2) is 12.0 Å². The molecular formula is C17H21ClO. The lowest BCUT2D eigenvalue weighted by atomic mass is 9.89. The molecule has 1 saturated carbocycles. The number of rotatable bonds is 2. The second-order valence-electron chi connectivity index (χ2n) is 5.41. The second-order valence-corrected chi connectivity index (χ2v) is 5.68. The van der Waals surface area contributed by atoms with Gasteiger partial charge in [0.15, 0.2) is 0 Å². The molecule has 0 spiro atoms. The van der Waals surface area contributed by atoms with E-state index in [2.05, 4.69) is 31.8 Å². The maximum absolute atomic E-state index is 6.07. The Hall–Kier alpha value is -1.13. The molecule has 1 aliphatic carbocycles. The molecule has 0 aromatic heterocycles. The summed E-state index contributed by atoms with van der Waals surface area (Å²) in [5.41, 5.74) is 2.18. The lowest BCUT2D eigenvalue weighted by molar-refractivity contribution is 0.135. The fourth-order valence-electron chi connectivity index (χ4n) is 2.52. The average Bonchev–Trinajstić information content (AvgIpc) is 2.41. The lowest BCUT2D eigenvalue weighted by Gasteiger charge is -2.27. The first-order chi connectivity index (χ1) is 9.19. The van der Waals surface area contributed by atoms with E-state index in [1.807, 2.05) is 12.1 Å². The Labute approximate surface area is 121 Å². The molecule has 2 heteroatoms. The molecular weight excluding hydrogens is 256 g/mol. The fraction of sp³-hybridized carbons (Fsp3) is 0.529. The molecule has 1 aromatic carbocycles. The van der Waals surface area contributed by atoms with E-state index in [0.29, 0.717) is 12.0 Å². The van der Waals surface area contributed by atoms with Crippen LogP contribution >= 0.6 is 11.6 Å². The molecule has 2 rings (SSSR count). The Balaban J connectivity index is 2.00. The van der Waals surface area contributed by atoms with E-state index in [9.17, 15) is 0 Å². The zero-order chi connectivity index (χ0) is 13.7. The summed E-state index contributed by atoms with van der Waals surface area (Å²) in [4.78, 5) is 0. The molecule has 0 unspecified atom stereocenters. The van der Waals surface area contributed by atoms with Crippen molar-refractivity contribution >= 4 is 11.6 Å². The summed E-state index contributed by atoms with van der Waals surface area (Å²) in [5, 5.41) is 0. The van der Waals surface area contributed by atoms with Crippen molar-refractivity contribution in [3.63, 3.8) is 0 Å². The number of halogens is 1. The third-order valence-electron chi connectivity index (χ3n) is 3.75. The molecule has 1 aromatic rings. The zero-order valence-corrected chi connectivity index (χ0v) is 12.5. The maximum Gasteiger partial charge on any atom is 0.120 e. The van der Waals surface area contributed by atoms with Crippen molar-refractivity contribution in [2.75, 3.05) is 5.88 Å². The van der Waals surface area contributed by atoms with Gasteiger partial charge in [-0.3, -0.25) is 0 Å². The minimum absolute atomic E-state index is 0.373. The van der Waals surface area contributed by atoms with E-state index in [-0.39, 0.29) is 0 Å². The number of hydrogen-bond acceptors (Lipinski definition) is 1. The number of alkyl halides is 1. The monoisotopic (exact) mass is 276 g/mol. The highest BCUT2D eigenvalue weighted by Crippen LogP contribution is 2.27. The van der Waals surface area contributed by atoms with Crippen molar-refractivity contribution in [3.8, 4) is 17.6 Å². The standard InChI is InChI=1S/C17H21ClO/c1-13-5-8-16(9-6-13)19-17-10-7-15(4-3-11-18)14(2)12-17/h7,10,12-13,16H,5-6,8-9,11H2,1-2H3. The lowest BCUT2D eigenvalue weighted by Crippen LogP contribution is -2.23. The van der Waals surface area contributed by atoms with Crippen LogP contribution in [0.25, 0.3) is 0 Å². The van der Waals surface area contributed by atoms with Crippen molar-refractivity contribution in [2.45, 2.75) is 45.6 Å². The van der Waals surface area contributed by atoms with Crippen LogP contribution in [0.15, 0.2) is 18.2 Å². The average molecular weight is 277 g/mol. The van der Waals surface area contributed by atoms with Gasteiger partial charge in [0.1, 0.15) is 5.75 Å². The third-order valence-corrected chi connectivity index (χ3v) is 3.89. The number of aryl methyl sites for hydroxylation is 1. The third kappa shape index (κ3) is 4.18. The molecule has 0 saturated heterocycles. The van der Waals surface area contributed by atoms with Gasteiger partial charge >= 0.3 is 0 Å². The van der Waals surface area contributed by atoms with Crippen molar-refractivity contribution in [1.82, 2.24) is 0 Å². The van der Waals surface area contributed by atoms with E-state index >= 15 is 0 Å². The zero-order valence-electron chi connectivity index (χ0n) is 11.7. The first-order valence-electron chi connectivity index (χ1n) is 7.01. The van der Waals surface area contributed by atoms with Crippen LogP contribution < -0.4 is 4.74 Å². The van der Waals surface area contributed by atoms with Crippen LogP contribution in [0.3, 0.4) is 0 Å². The van der Waals surface area contributed by atoms with E-state index in [4.69, 9.17) is 16.3 Å². The van der Waals surface area contributed by atoms with Gasteiger partial charge in [0.2, 0.25) is 0 Å². The molecule has 0 heterocycles. The highest BCUT2D eigenvalue weighted by atomic mass is 35.5. The molecule has 0 bridgehead atoms. The van der Waals surface area contributed by atoms with Gasteiger partial charge in [-0.15, -0.1) is 11.6 Å². The van der Waals surface area contributed by atoms with Gasteiger partial charge < -0.3 is 4.74 Å². The summed E-state index contributed by atoms with van der Waals surface area (Å²) >= 11 is 5.58. The Kier molecular flexibility index (Phi) is 5.16. The summed E-state index contributed by atoms with van der Waals surface area (Å²) < 4.78 is 6.07. The predicted octanol–water partition coefficient (Wildman–Crippen LogP) is 4.54. The molecule has 1 fully saturated rings. The van der Waals surface area contributed by atoms with Crippen LogP contribution in [0.4, 0.5) is 0 Å². The van der Waals surface area contributed by atoms with Gasteiger partial charge in [-0.1, -0.05) is 18.8 Å². The van der Waals surface area contributed by atoms with E-state index in [1.54, 1.807) is 0 Å². The first kappa shape index (κ1) is 14.3. The molecule has 1 nitrogen and oxygen atoms in total. The van der Waals surface area contributed by atoms with Crippen LogP contribution in [-0.2, 0) is 0 Å². The van der Waals surface area contributed by atoms with Gasteiger partial charge in [-0.05, 0) is 62.3 Å². The quantitative estimate of drug-likeness (QED) is 0.569. The van der Waals surface area contributed by atoms with Gasteiger partial charge in [-0.2, -0.15) is 0 Å². The van der Waals surface area contributed by atoms with Gasteiger partial charge in [0.25, 0.3) is 0 Å². The number of hydrogen-bond donors (Lipinski definition) is 0. The van der Waals surface area contributed by atoms with Crippen LogP contribution in [0, 0.1) is 24.7 Å². The molecule has 0 radical (unpaired) electrons. The largest absolute Gasteiger partial charge is 0.490 e. The van der Waals surface area contributed by atoms with E-state index in [0.717, 1.165) is 22.8 Å². The summed E-state index contributed by atoms with van der Waals surface area (Å²) in [6.07, 6.45) is 5.30. The number of benzene rings is 1. The number of ether oxygens (including phenoxy) is 1. The van der Waals surface area contributed by atoms with Crippen LogP contribution in [0.1, 0.15) is 43.7 Å². The normalized spacial score (nSPS) is 22.5. The van der Waals surface area contributed by atoms with Gasteiger partial charge in [0.05, 0.1) is 12.0 Å². The summed E-state index contributed by atoms with van der Waals surface area (Å²) in [6.45, 7) is 4.39. The Morgan fingerprint density at radius 1 is 1.26 bits per heavy atom. The molecule has 19 heavy (non-hydrogen) atoms. The van der Waals surface area contributed by atoms with Crippen molar-refractivity contribution < 1.29 is 4.74 Å². The predicted molar refractivity (Wildman–Crippen MR) is 80.8 cm³/mol. The van der Waals surface area contributed by atoms with E-state index in [1.165, 1.54) is 25.7 Å². The summed E-state index contributed by atoms with van der Waals surface area (Å²) in [7, 11) is 0. The smallest absolute Gasteiger partial charge is 0.120 e. The molecule has 1 aliphatic rings. The Morgan fingerprint density at radius 2 is 2.00 bits per heavy atom. The molecule has 0 aliphatic heterocycles. The summed E-state index contributed by atoms with van der Waals surface area (Å²) in [5.74, 6) is 8.14. The van der Waals surface area contributed by atoms with Crippen molar-refractivity contribution in [3.05, 3.63) is 29.3 Å². The summed E-state index contributed by atoms with van der Waals surface area (Å²) in [6, 6.07) is 6.12. The Bertz CT molecular complexity index is 476. The topological polar surface area (TPSA) is 9.23 Å². The molecule has 0 N–H and O–H groups in total. The van der Waals surface area contributed by atoms with Gasteiger partial charge in [0, 0.05) is 5.56 Å². The maximum atomic E-state index is 6.07. The SMILES string of the molecule is Cc1cc(OC2CCC(C)CC2)ccc1C#CCCl. The highest BCUT2D eigenvalue weighted by molar-refractivity contribution is 6.19. The second kappa shape index (κ2) is 6.87. The minimum atomic E-state index is 0.373. The molecule has 0 atom stereocenters. The van der Waals surface area contributed by atoms with Crippen LogP contribution in [0.5, 0.6) is 5.75 Å². The Morgan fingerprint density at radius 3 is 2.63 bits per heavy atom. The van der Waals surface area contributed by atoms with Crippen molar-refractivity contribution in [1.29, 1.82) is 0 Å². The molecule has 102 valence electrons. The fourth-order valence-corrected chi connectivity index (χ4v) is 2.58. The molecule has 0 amide bonds. The minimum Gasteiger partial charge on any atom is -0.490 e. The first-order valence-corrected chi connectivity index (χ1v) is 7.54. The van der Waals surface area contributed by atoms with Crippen molar-refractivity contribution in [2.24, 2.45) is 5.92 Å². The van der Waals surface area contributed by atoms with Gasteiger partial charge in [-0.25, -0.2) is 0 Å².